The van der Waals surface area contributed by atoms with Gasteiger partial charge in [0.1, 0.15) is 6.10 Å². The second-order valence-corrected chi connectivity index (χ2v) is 1.79. The van der Waals surface area contributed by atoms with Crippen molar-refractivity contribution in [2.75, 3.05) is 0 Å². The Kier molecular flexibility index (Phi) is 3.20. The molecule has 0 heterocycles. The molecule has 1 heteroatoms. The lowest BCUT2D eigenvalue weighted by atomic mass is 10.2. The van der Waals surface area contributed by atoms with E-state index in [0.29, 0.717) is 0 Å². The highest BCUT2D eigenvalue weighted by Gasteiger charge is 1.95. The van der Waals surface area contributed by atoms with E-state index in [-0.39, 0.29) is 0 Å². The largest absolute Gasteiger partial charge is 0.229 e. The summed E-state index contributed by atoms with van der Waals surface area (Å²) in [5, 5.41) is 10.5. The molecular weight excluding hydrogens is 100 g/mol. The molecule has 0 N–H and O–H groups in total. The molecule has 1 nitrogen and oxygen atoms in total. The Morgan fingerprint density at radius 1 is 1.75 bits per heavy atom. The summed E-state index contributed by atoms with van der Waals surface area (Å²) in [7, 11) is 0. The van der Waals surface area contributed by atoms with E-state index in [1.165, 1.54) is 0 Å². The fourth-order valence-corrected chi connectivity index (χ4v) is 0.321. The molecule has 0 fully saturated rings. The lowest BCUT2D eigenvalue weighted by molar-refractivity contribution is 0.136. The maximum atomic E-state index is 10.5. The van der Waals surface area contributed by atoms with Crippen LogP contribution in [0.2, 0.25) is 0 Å². The van der Waals surface area contributed by atoms with Crippen molar-refractivity contribution >= 4 is 0 Å². The van der Waals surface area contributed by atoms with Crippen LogP contribution in [-0.4, -0.2) is 6.10 Å². The molecule has 0 saturated carbocycles. The standard InChI is InChI=1S/C7H11O/c1-4-5-6(2)7(3)8/h4-5,7H,1H2,2-3H3/b6-5+. The van der Waals surface area contributed by atoms with E-state index in [2.05, 4.69) is 6.58 Å². The molecule has 0 aromatic rings. The fourth-order valence-electron chi connectivity index (χ4n) is 0.321. The van der Waals surface area contributed by atoms with E-state index in [1.54, 1.807) is 26.0 Å². The average Bonchev–Trinajstić information content (AvgIpc) is 1.67. The van der Waals surface area contributed by atoms with Gasteiger partial charge in [-0.2, -0.15) is 0 Å². The van der Waals surface area contributed by atoms with Gasteiger partial charge in [-0.3, -0.25) is 0 Å². The minimum Gasteiger partial charge on any atom is -0.229 e. The number of hydrogen-bond donors (Lipinski definition) is 0. The van der Waals surface area contributed by atoms with Gasteiger partial charge in [0.25, 0.3) is 0 Å². The first-order valence-electron chi connectivity index (χ1n) is 2.63. The van der Waals surface area contributed by atoms with E-state index >= 15 is 0 Å². The summed E-state index contributed by atoms with van der Waals surface area (Å²) in [6.07, 6.45) is 2.77. The van der Waals surface area contributed by atoms with Crippen molar-refractivity contribution in [3.05, 3.63) is 24.3 Å². The zero-order valence-electron chi connectivity index (χ0n) is 5.35. The van der Waals surface area contributed by atoms with Crippen LogP contribution in [0.1, 0.15) is 13.8 Å². The van der Waals surface area contributed by atoms with Gasteiger partial charge in [-0.05, 0) is 19.4 Å². The Hall–Kier alpha value is -0.560. The van der Waals surface area contributed by atoms with Crippen LogP contribution in [0.5, 0.6) is 0 Å². The van der Waals surface area contributed by atoms with Crippen LogP contribution in [-0.2, 0) is 5.11 Å². The summed E-state index contributed by atoms with van der Waals surface area (Å²) in [4.78, 5) is 0. The molecule has 0 aliphatic rings. The van der Waals surface area contributed by atoms with Crippen LogP contribution in [0.4, 0.5) is 0 Å². The van der Waals surface area contributed by atoms with Crippen molar-refractivity contribution in [2.24, 2.45) is 0 Å². The first-order chi connectivity index (χ1) is 3.68. The molecule has 1 radical (unpaired) electrons. The maximum absolute atomic E-state index is 10.5. The summed E-state index contributed by atoms with van der Waals surface area (Å²) in [6.45, 7) is 6.89. The Labute approximate surface area is 50.3 Å². The van der Waals surface area contributed by atoms with Crippen molar-refractivity contribution in [3.63, 3.8) is 0 Å². The molecular formula is C7H11O. The molecule has 0 rings (SSSR count). The predicted molar refractivity (Wildman–Crippen MR) is 34.1 cm³/mol. The lowest BCUT2D eigenvalue weighted by Gasteiger charge is -1.96. The fraction of sp³-hybridized carbons (Fsp3) is 0.429. The molecule has 0 amide bonds. The van der Waals surface area contributed by atoms with Gasteiger partial charge < -0.3 is 0 Å². The second kappa shape index (κ2) is 3.44. The molecule has 45 valence electrons. The van der Waals surface area contributed by atoms with Crippen molar-refractivity contribution in [3.8, 4) is 0 Å². The zero-order chi connectivity index (χ0) is 6.57. The van der Waals surface area contributed by atoms with E-state index < -0.39 is 6.10 Å². The van der Waals surface area contributed by atoms with E-state index in [4.69, 9.17) is 0 Å². The smallest absolute Gasteiger partial charge is 0.111 e. The summed E-state index contributed by atoms with van der Waals surface area (Å²) in [5.41, 5.74) is 0.833. The van der Waals surface area contributed by atoms with E-state index in [1.807, 2.05) is 0 Å². The quantitative estimate of drug-likeness (QED) is 0.485. The summed E-state index contributed by atoms with van der Waals surface area (Å²) in [5.74, 6) is 0. The maximum Gasteiger partial charge on any atom is 0.111 e. The van der Waals surface area contributed by atoms with Crippen LogP contribution in [0.15, 0.2) is 24.3 Å². The first kappa shape index (κ1) is 7.44. The third-order valence-electron chi connectivity index (χ3n) is 1.02. The van der Waals surface area contributed by atoms with E-state index in [9.17, 15) is 5.11 Å². The Balaban J connectivity index is 3.78. The Bertz CT molecular complexity index is 101. The average molecular weight is 111 g/mol. The highest BCUT2D eigenvalue weighted by molar-refractivity contribution is 5.10. The topological polar surface area (TPSA) is 19.9 Å². The SMILES string of the molecule is C=C/C=C(\C)C(C)[O]. The molecule has 0 spiro atoms. The summed E-state index contributed by atoms with van der Waals surface area (Å²) in [6, 6.07) is 0. The molecule has 0 bridgehead atoms. The van der Waals surface area contributed by atoms with E-state index in [0.717, 1.165) is 5.57 Å². The van der Waals surface area contributed by atoms with Crippen LogP contribution in [0.3, 0.4) is 0 Å². The molecule has 1 atom stereocenters. The minimum atomic E-state index is -0.590. The molecule has 0 aliphatic heterocycles. The minimum absolute atomic E-state index is 0.590. The molecule has 0 saturated heterocycles. The number of allylic oxidation sites excluding steroid dienone is 2. The zero-order valence-corrected chi connectivity index (χ0v) is 5.35. The molecule has 8 heavy (non-hydrogen) atoms. The van der Waals surface area contributed by atoms with Gasteiger partial charge in [0.2, 0.25) is 0 Å². The van der Waals surface area contributed by atoms with Crippen LogP contribution in [0.25, 0.3) is 0 Å². The third-order valence-corrected chi connectivity index (χ3v) is 1.02. The van der Waals surface area contributed by atoms with Crippen LogP contribution in [0, 0.1) is 0 Å². The third kappa shape index (κ3) is 2.59. The molecule has 0 aromatic heterocycles. The number of rotatable bonds is 2. The highest BCUT2D eigenvalue weighted by Crippen LogP contribution is 1.98. The predicted octanol–water partition coefficient (Wildman–Crippen LogP) is 1.94. The first-order valence-corrected chi connectivity index (χ1v) is 2.63. The molecule has 0 aliphatic carbocycles. The summed E-state index contributed by atoms with van der Waals surface area (Å²) >= 11 is 0. The summed E-state index contributed by atoms with van der Waals surface area (Å²) < 4.78 is 0. The Morgan fingerprint density at radius 3 is 2.38 bits per heavy atom. The highest BCUT2D eigenvalue weighted by atomic mass is 16.3. The van der Waals surface area contributed by atoms with Crippen LogP contribution < -0.4 is 0 Å². The molecule has 1 unspecified atom stereocenters. The van der Waals surface area contributed by atoms with Crippen molar-refractivity contribution < 1.29 is 5.11 Å². The second-order valence-electron chi connectivity index (χ2n) is 1.79. The van der Waals surface area contributed by atoms with Gasteiger partial charge in [-0.15, -0.1) is 0 Å². The normalized spacial score (nSPS) is 15.6. The van der Waals surface area contributed by atoms with Gasteiger partial charge >= 0.3 is 0 Å². The van der Waals surface area contributed by atoms with Gasteiger partial charge in [0.05, 0.1) is 0 Å². The van der Waals surface area contributed by atoms with Crippen LogP contribution >= 0.6 is 0 Å². The Morgan fingerprint density at radius 2 is 2.25 bits per heavy atom. The number of hydrogen-bond acceptors (Lipinski definition) is 0. The van der Waals surface area contributed by atoms with Gasteiger partial charge in [-0.1, -0.05) is 18.7 Å². The lowest BCUT2D eigenvalue weighted by Crippen LogP contribution is -1.97. The van der Waals surface area contributed by atoms with Gasteiger partial charge in [0, 0.05) is 0 Å². The van der Waals surface area contributed by atoms with Crippen molar-refractivity contribution in [1.29, 1.82) is 0 Å². The van der Waals surface area contributed by atoms with Gasteiger partial charge in [-0.25, -0.2) is 5.11 Å². The van der Waals surface area contributed by atoms with Crippen molar-refractivity contribution in [2.45, 2.75) is 20.0 Å². The van der Waals surface area contributed by atoms with Crippen molar-refractivity contribution in [1.82, 2.24) is 0 Å². The molecule has 0 aromatic carbocycles. The van der Waals surface area contributed by atoms with Gasteiger partial charge in [0.15, 0.2) is 0 Å². The monoisotopic (exact) mass is 111 g/mol.